The van der Waals surface area contributed by atoms with E-state index in [1.54, 1.807) is 18.3 Å². The molecule has 220 valence electrons. The van der Waals surface area contributed by atoms with E-state index in [0.29, 0.717) is 28.3 Å². The number of pyridine rings is 1. The van der Waals surface area contributed by atoms with E-state index in [-0.39, 0.29) is 30.8 Å². The first-order valence-electron chi connectivity index (χ1n) is 14.4. The van der Waals surface area contributed by atoms with Crippen LogP contribution in [0.1, 0.15) is 59.6 Å². The van der Waals surface area contributed by atoms with Crippen LogP contribution in [0.25, 0.3) is 11.1 Å². The van der Waals surface area contributed by atoms with Crippen LogP contribution in [0.5, 0.6) is 5.75 Å². The molecule has 1 heterocycles. The van der Waals surface area contributed by atoms with Crippen molar-refractivity contribution >= 4 is 17.6 Å². The molecule has 5 rings (SSSR count). The number of aliphatic carboxylic acids is 1. The highest BCUT2D eigenvalue weighted by Gasteiger charge is 2.27. The quantitative estimate of drug-likeness (QED) is 0.186. The van der Waals surface area contributed by atoms with E-state index in [4.69, 9.17) is 16.3 Å². The second-order valence-electron chi connectivity index (χ2n) is 11.3. The Balaban J connectivity index is 1.43. The minimum atomic E-state index is -0.922. The number of carbonyl (C=O) groups is 1. The predicted molar refractivity (Wildman–Crippen MR) is 164 cm³/mol. The number of hydrogen-bond donors (Lipinski definition) is 2. The van der Waals surface area contributed by atoms with Gasteiger partial charge >= 0.3 is 5.97 Å². The molecule has 4 aromatic rings. The normalized spacial score (nSPS) is 14.7. The number of nitrogens with one attached hydrogen (secondary N) is 1. The van der Waals surface area contributed by atoms with Crippen LogP contribution in [0.2, 0.25) is 5.02 Å². The summed E-state index contributed by atoms with van der Waals surface area (Å²) in [5, 5.41) is 22.6. The van der Waals surface area contributed by atoms with Gasteiger partial charge in [0.15, 0.2) is 0 Å². The van der Waals surface area contributed by atoms with Crippen molar-refractivity contribution in [3.63, 3.8) is 0 Å². The number of fused-ring (bicyclic) bond motifs is 1. The van der Waals surface area contributed by atoms with Crippen LogP contribution in [-0.2, 0) is 30.8 Å². The molecule has 3 aromatic carbocycles. The largest absolute Gasteiger partial charge is 0.489 e. The van der Waals surface area contributed by atoms with Gasteiger partial charge in [-0.3, -0.25) is 15.1 Å². The molecule has 1 aromatic heterocycles. The van der Waals surface area contributed by atoms with Crippen LogP contribution in [-0.4, -0.2) is 22.1 Å². The molecule has 8 heteroatoms. The highest BCUT2D eigenvalue weighted by atomic mass is 35.5. The van der Waals surface area contributed by atoms with E-state index in [0.717, 1.165) is 35.1 Å². The van der Waals surface area contributed by atoms with Crippen LogP contribution in [0.4, 0.5) is 4.39 Å². The summed E-state index contributed by atoms with van der Waals surface area (Å²) >= 11 is 6.86. The fourth-order valence-corrected chi connectivity index (χ4v) is 6.10. The SMILES string of the molecule is CC(C)C(NCc1cc(Cl)c(C[C@H]2CCc3c(-c4ccccc4F)cccc32)cc1OCc1cncc(C#N)c1)C(=O)O. The molecule has 0 saturated carbocycles. The van der Waals surface area contributed by atoms with Gasteiger partial charge in [-0.2, -0.15) is 5.26 Å². The van der Waals surface area contributed by atoms with Crippen molar-refractivity contribution in [2.45, 2.75) is 58.2 Å². The van der Waals surface area contributed by atoms with E-state index >= 15 is 0 Å². The van der Waals surface area contributed by atoms with Gasteiger partial charge in [-0.15, -0.1) is 0 Å². The van der Waals surface area contributed by atoms with Gasteiger partial charge in [0.05, 0.1) is 5.56 Å². The zero-order chi connectivity index (χ0) is 30.5. The fourth-order valence-electron chi connectivity index (χ4n) is 5.83. The molecule has 2 N–H and O–H groups in total. The average Bonchev–Trinajstić information content (AvgIpc) is 3.40. The van der Waals surface area contributed by atoms with Crippen LogP contribution in [0, 0.1) is 23.1 Å². The van der Waals surface area contributed by atoms with Crippen molar-refractivity contribution < 1.29 is 19.0 Å². The van der Waals surface area contributed by atoms with E-state index in [1.165, 1.54) is 23.4 Å². The third kappa shape index (κ3) is 6.88. The zero-order valence-corrected chi connectivity index (χ0v) is 24.9. The number of ether oxygens (including phenoxy) is 1. The Morgan fingerprint density at radius 1 is 1.14 bits per heavy atom. The Hall–Kier alpha value is -4.25. The summed E-state index contributed by atoms with van der Waals surface area (Å²) < 4.78 is 20.9. The molecule has 0 aliphatic heterocycles. The van der Waals surface area contributed by atoms with Gasteiger partial charge in [0.1, 0.15) is 30.3 Å². The Morgan fingerprint density at radius 2 is 1.93 bits per heavy atom. The standard InChI is InChI=1S/C35H33ClFN3O3/c1-21(2)34(35(41)42)40-19-26-14-31(36)25(15-33(26)43-20-23-12-22(16-38)17-39-18-23)13-24-10-11-29-27(24)7-5-8-28(29)30-6-3-4-9-32(30)37/h3-9,12,14-15,17-18,21,24,34,40H,10-11,13,19-20H2,1-2H3,(H,41,42)/t24-,34?/m1/s1. The molecule has 0 radical (unpaired) electrons. The van der Waals surface area contributed by atoms with Crippen molar-refractivity contribution in [3.8, 4) is 22.9 Å². The first kappa shape index (κ1) is 30.2. The van der Waals surface area contributed by atoms with Crippen LogP contribution >= 0.6 is 11.6 Å². The van der Waals surface area contributed by atoms with Gasteiger partial charge in [-0.05, 0) is 77.6 Å². The Kier molecular flexibility index (Phi) is 9.40. The number of carboxylic acids is 1. The minimum absolute atomic E-state index is 0.118. The molecule has 1 unspecified atom stereocenters. The topological polar surface area (TPSA) is 95.2 Å². The zero-order valence-electron chi connectivity index (χ0n) is 24.1. The summed E-state index contributed by atoms with van der Waals surface area (Å²) in [6.45, 7) is 4.14. The van der Waals surface area contributed by atoms with Gasteiger partial charge in [-0.1, -0.05) is 61.8 Å². The summed E-state index contributed by atoms with van der Waals surface area (Å²) in [6, 6.07) is 19.8. The molecular weight excluding hydrogens is 565 g/mol. The molecule has 0 saturated heterocycles. The first-order chi connectivity index (χ1) is 20.7. The number of benzene rings is 3. The molecule has 1 aliphatic carbocycles. The van der Waals surface area contributed by atoms with Crippen molar-refractivity contribution in [3.05, 3.63) is 117 Å². The lowest BCUT2D eigenvalue weighted by atomic mass is 9.90. The van der Waals surface area contributed by atoms with Gasteiger partial charge in [0.2, 0.25) is 0 Å². The lowest BCUT2D eigenvalue weighted by Crippen LogP contribution is -2.40. The van der Waals surface area contributed by atoms with Crippen molar-refractivity contribution in [2.75, 3.05) is 0 Å². The maximum Gasteiger partial charge on any atom is 0.320 e. The van der Waals surface area contributed by atoms with E-state index < -0.39 is 12.0 Å². The molecule has 1 aliphatic rings. The number of halogens is 2. The molecule has 2 atom stereocenters. The number of hydrogen-bond acceptors (Lipinski definition) is 5. The van der Waals surface area contributed by atoms with E-state index in [1.807, 2.05) is 50.2 Å². The third-order valence-corrected chi connectivity index (χ3v) is 8.37. The molecular formula is C35H33ClFN3O3. The third-order valence-electron chi connectivity index (χ3n) is 8.02. The van der Waals surface area contributed by atoms with Crippen LogP contribution < -0.4 is 10.1 Å². The highest BCUT2D eigenvalue weighted by Crippen LogP contribution is 2.42. The Labute approximate surface area is 256 Å². The molecule has 43 heavy (non-hydrogen) atoms. The number of nitriles is 1. The number of nitrogens with zero attached hydrogens (tertiary/aromatic N) is 2. The van der Waals surface area contributed by atoms with Crippen molar-refractivity contribution in [1.82, 2.24) is 10.3 Å². The number of rotatable bonds is 11. The smallest absolute Gasteiger partial charge is 0.320 e. The first-order valence-corrected chi connectivity index (χ1v) is 14.7. The van der Waals surface area contributed by atoms with Gasteiger partial charge < -0.3 is 9.84 Å². The molecule has 0 amide bonds. The van der Waals surface area contributed by atoms with Crippen molar-refractivity contribution in [1.29, 1.82) is 5.26 Å². The molecule has 0 bridgehead atoms. The fraction of sp³-hybridized carbons (Fsp3) is 0.286. The molecule has 0 fully saturated rings. The summed E-state index contributed by atoms with van der Waals surface area (Å²) in [5.41, 5.74) is 6.74. The highest BCUT2D eigenvalue weighted by molar-refractivity contribution is 6.31. The van der Waals surface area contributed by atoms with Gasteiger partial charge in [0, 0.05) is 40.7 Å². The second-order valence-corrected chi connectivity index (χ2v) is 11.7. The second kappa shape index (κ2) is 13.4. The van der Waals surface area contributed by atoms with Gasteiger partial charge in [0.25, 0.3) is 0 Å². The number of aromatic nitrogens is 1. The summed E-state index contributed by atoms with van der Waals surface area (Å²) in [4.78, 5) is 15.9. The summed E-state index contributed by atoms with van der Waals surface area (Å²) in [5.74, 6) is -0.487. The van der Waals surface area contributed by atoms with E-state index in [9.17, 15) is 19.6 Å². The van der Waals surface area contributed by atoms with Crippen LogP contribution in [0.3, 0.4) is 0 Å². The lowest BCUT2D eigenvalue weighted by molar-refractivity contribution is -0.140. The molecule has 6 nitrogen and oxygen atoms in total. The molecule has 0 spiro atoms. The van der Waals surface area contributed by atoms with Crippen LogP contribution in [0.15, 0.2) is 73.1 Å². The summed E-state index contributed by atoms with van der Waals surface area (Å²) in [7, 11) is 0. The maximum absolute atomic E-state index is 14.7. The average molecular weight is 598 g/mol. The maximum atomic E-state index is 14.7. The lowest BCUT2D eigenvalue weighted by Gasteiger charge is -2.21. The van der Waals surface area contributed by atoms with Gasteiger partial charge in [-0.25, -0.2) is 4.39 Å². The van der Waals surface area contributed by atoms with Crippen molar-refractivity contribution in [2.24, 2.45) is 5.92 Å². The monoisotopic (exact) mass is 597 g/mol. The van der Waals surface area contributed by atoms with E-state index in [2.05, 4.69) is 22.4 Å². The predicted octanol–water partition coefficient (Wildman–Crippen LogP) is 7.46. The number of carboxylic acid groups (broad SMARTS) is 1. The minimum Gasteiger partial charge on any atom is -0.489 e. The summed E-state index contributed by atoms with van der Waals surface area (Å²) in [6.07, 6.45) is 5.58. The Morgan fingerprint density at radius 3 is 2.67 bits per heavy atom. The Bertz CT molecular complexity index is 1680.